The number of piperidine rings is 1. The Bertz CT molecular complexity index is 448. The average molecular weight is 273 g/mol. The Kier molecular flexibility index (Phi) is 4.10. The molecular formula is C13H16F3N2O-. The number of aromatic nitrogens is 1. The van der Waals surface area contributed by atoms with Gasteiger partial charge in [-0.25, -0.2) is 0 Å². The van der Waals surface area contributed by atoms with Crippen LogP contribution >= 0.6 is 0 Å². The molecule has 1 aromatic heterocycles. The zero-order valence-corrected chi connectivity index (χ0v) is 10.7. The molecule has 0 amide bonds. The number of nitrogens with zero attached hydrogens (tertiary/aromatic N) is 2. The summed E-state index contributed by atoms with van der Waals surface area (Å²) < 4.78 is 38.6. The molecule has 0 radical (unpaired) electrons. The first-order chi connectivity index (χ1) is 8.91. The third-order valence-corrected chi connectivity index (χ3v) is 3.53. The van der Waals surface area contributed by atoms with Gasteiger partial charge in [0.05, 0.1) is 5.56 Å². The molecule has 1 saturated heterocycles. The molecule has 0 N–H and O–H groups in total. The van der Waals surface area contributed by atoms with Gasteiger partial charge in [0.2, 0.25) is 0 Å². The third kappa shape index (κ3) is 3.25. The van der Waals surface area contributed by atoms with Crippen molar-refractivity contribution in [1.29, 1.82) is 0 Å². The zero-order chi connectivity index (χ0) is 14.0. The SMILES string of the molecule is CN1CCCC(c2cnc(C[O-])c(C(F)(F)F)c2)C1. The van der Waals surface area contributed by atoms with Crippen molar-refractivity contribution in [2.45, 2.75) is 31.5 Å². The van der Waals surface area contributed by atoms with Crippen LogP contribution in [0.15, 0.2) is 12.3 Å². The molecule has 0 bridgehead atoms. The van der Waals surface area contributed by atoms with Gasteiger partial charge in [-0.15, -0.1) is 0 Å². The Morgan fingerprint density at radius 1 is 1.47 bits per heavy atom. The van der Waals surface area contributed by atoms with Crippen molar-refractivity contribution >= 4 is 0 Å². The number of hydrogen-bond donors (Lipinski definition) is 0. The van der Waals surface area contributed by atoms with Crippen LogP contribution in [0, 0.1) is 0 Å². The molecule has 3 nitrogen and oxygen atoms in total. The quantitative estimate of drug-likeness (QED) is 0.824. The van der Waals surface area contributed by atoms with Crippen LogP contribution < -0.4 is 5.11 Å². The number of alkyl halides is 3. The van der Waals surface area contributed by atoms with Crippen LogP contribution in [0.2, 0.25) is 0 Å². The van der Waals surface area contributed by atoms with Crippen molar-refractivity contribution in [3.8, 4) is 0 Å². The smallest absolute Gasteiger partial charge is 0.418 e. The van der Waals surface area contributed by atoms with E-state index in [1.54, 1.807) is 0 Å². The Hall–Kier alpha value is -1.14. The van der Waals surface area contributed by atoms with Gasteiger partial charge in [-0.05, 0) is 44.0 Å². The van der Waals surface area contributed by atoms with Gasteiger partial charge in [0.25, 0.3) is 0 Å². The van der Waals surface area contributed by atoms with Gasteiger partial charge in [0.15, 0.2) is 0 Å². The van der Waals surface area contributed by atoms with E-state index >= 15 is 0 Å². The molecule has 6 heteroatoms. The van der Waals surface area contributed by atoms with Crippen LogP contribution in [0.1, 0.15) is 35.6 Å². The number of halogens is 3. The highest BCUT2D eigenvalue weighted by Gasteiger charge is 2.34. The lowest BCUT2D eigenvalue weighted by Gasteiger charge is -2.30. The summed E-state index contributed by atoms with van der Waals surface area (Å²) in [5.41, 5.74) is -0.718. The van der Waals surface area contributed by atoms with E-state index in [9.17, 15) is 18.3 Å². The fourth-order valence-electron chi connectivity index (χ4n) is 2.53. The zero-order valence-electron chi connectivity index (χ0n) is 10.7. The van der Waals surface area contributed by atoms with Gasteiger partial charge < -0.3 is 10.0 Å². The molecule has 1 atom stereocenters. The average Bonchev–Trinajstić information content (AvgIpc) is 2.37. The summed E-state index contributed by atoms with van der Waals surface area (Å²) in [5, 5.41) is 10.8. The van der Waals surface area contributed by atoms with E-state index in [1.807, 2.05) is 7.05 Å². The number of hydrogen-bond acceptors (Lipinski definition) is 3. The highest BCUT2D eigenvalue weighted by atomic mass is 19.4. The van der Waals surface area contributed by atoms with Gasteiger partial charge in [0.1, 0.15) is 0 Å². The van der Waals surface area contributed by atoms with Gasteiger partial charge in [0, 0.05) is 18.4 Å². The van der Waals surface area contributed by atoms with Crippen LogP contribution in [-0.2, 0) is 12.8 Å². The molecule has 19 heavy (non-hydrogen) atoms. The summed E-state index contributed by atoms with van der Waals surface area (Å²) >= 11 is 0. The second-order valence-corrected chi connectivity index (χ2v) is 5.01. The van der Waals surface area contributed by atoms with E-state index < -0.39 is 24.0 Å². The maximum absolute atomic E-state index is 12.9. The molecule has 0 aromatic carbocycles. The third-order valence-electron chi connectivity index (χ3n) is 3.53. The van der Waals surface area contributed by atoms with E-state index in [0.29, 0.717) is 5.56 Å². The second-order valence-electron chi connectivity index (χ2n) is 5.01. The number of pyridine rings is 1. The van der Waals surface area contributed by atoms with Crippen LogP contribution in [0.25, 0.3) is 0 Å². The fourth-order valence-corrected chi connectivity index (χ4v) is 2.53. The molecule has 1 aliphatic rings. The molecule has 1 unspecified atom stereocenters. The van der Waals surface area contributed by atoms with Gasteiger partial charge >= 0.3 is 6.18 Å². The van der Waals surface area contributed by atoms with Crippen LogP contribution in [0.5, 0.6) is 0 Å². The summed E-state index contributed by atoms with van der Waals surface area (Å²) in [6.45, 7) is 0.754. The number of rotatable bonds is 2. The number of likely N-dealkylation sites (N-methyl/N-ethyl adjacent to an activating group) is 1. The first-order valence-electron chi connectivity index (χ1n) is 6.24. The minimum atomic E-state index is -4.51. The molecule has 0 spiro atoms. The molecular weight excluding hydrogens is 257 g/mol. The molecule has 106 valence electrons. The number of likely N-dealkylation sites (tertiary alicyclic amines) is 1. The van der Waals surface area contributed by atoms with Crippen LogP contribution in [-0.4, -0.2) is 30.0 Å². The normalized spacial score (nSPS) is 21.6. The fraction of sp³-hybridized carbons (Fsp3) is 0.615. The van der Waals surface area contributed by atoms with E-state index in [4.69, 9.17) is 0 Å². The summed E-state index contributed by atoms with van der Waals surface area (Å²) in [6, 6.07) is 1.10. The van der Waals surface area contributed by atoms with Crippen LogP contribution in [0.3, 0.4) is 0 Å². The lowest BCUT2D eigenvalue weighted by Crippen LogP contribution is -2.31. The largest absolute Gasteiger partial charge is 0.850 e. The molecule has 0 saturated carbocycles. The van der Waals surface area contributed by atoms with Crippen molar-refractivity contribution in [3.05, 3.63) is 29.1 Å². The van der Waals surface area contributed by atoms with E-state index in [1.165, 1.54) is 6.20 Å². The Balaban J connectivity index is 2.32. The molecule has 1 fully saturated rings. The summed E-state index contributed by atoms with van der Waals surface area (Å²) in [6.07, 6.45) is -1.26. The predicted octanol–water partition coefficient (Wildman–Crippen LogP) is 1.77. The minimum Gasteiger partial charge on any atom is -0.850 e. The van der Waals surface area contributed by atoms with Gasteiger partial charge in [-0.2, -0.15) is 13.2 Å². The summed E-state index contributed by atoms with van der Waals surface area (Å²) in [4.78, 5) is 5.81. The highest BCUT2D eigenvalue weighted by Crippen LogP contribution is 2.34. The monoisotopic (exact) mass is 273 g/mol. The summed E-state index contributed by atoms with van der Waals surface area (Å²) in [7, 11) is 1.95. The van der Waals surface area contributed by atoms with E-state index in [2.05, 4.69) is 9.88 Å². The minimum absolute atomic E-state index is 0.0630. The maximum atomic E-state index is 12.9. The van der Waals surface area contributed by atoms with Crippen molar-refractivity contribution < 1.29 is 18.3 Å². The molecule has 1 aliphatic heterocycles. The topological polar surface area (TPSA) is 39.2 Å². The highest BCUT2D eigenvalue weighted by molar-refractivity contribution is 5.30. The van der Waals surface area contributed by atoms with Crippen LogP contribution in [0.4, 0.5) is 13.2 Å². The second kappa shape index (κ2) is 5.46. The van der Waals surface area contributed by atoms with Crippen molar-refractivity contribution in [2.24, 2.45) is 0 Å². The Labute approximate surface area is 110 Å². The standard InChI is InChI=1S/C13H16F3N2O/c1-18-4-2-3-9(7-18)10-5-11(13(14,15)16)12(8-19)17-6-10/h5-6,9H,2-4,7-8H2,1H3/q-1. The summed E-state index contributed by atoms with van der Waals surface area (Å²) in [5.74, 6) is 0.0630. The van der Waals surface area contributed by atoms with Gasteiger partial charge in [-0.1, -0.05) is 6.61 Å². The lowest BCUT2D eigenvalue weighted by atomic mass is 9.91. The van der Waals surface area contributed by atoms with Crippen molar-refractivity contribution in [3.63, 3.8) is 0 Å². The maximum Gasteiger partial charge on any atom is 0.418 e. The Morgan fingerprint density at radius 2 is 2.21 bits per heavy atom. The Morgan fingerprint density at radius 3 is 2.79 bits per heavy atom. The molecule has 2 heterocycles. The molecule has 1 aromatic rings. The lowest BCUT2D eigenvalue weighted by molar-refractivity contribution is -0.388. The van der Waals surface area contributed by atoms with E-state index in [0.717, 1.165) is 32.0 Å². The van der Waals surface area contributed by atoms with E-state index in [-0.39, 0.29) is 5.92 Å². The molecule has 0 aliphatic carbocycles. The molecule has 2 rings (SSSR count). The van der Waals surface area contributed by atoms with Gasteiger partial charge in [-0.3, -0.25) is 4.98 Å². The first kappa shape index (κ1) is 14.3. The van der Waals surface area contributed by atoms with Crippen molar-refractivity contribution in [1.82, 2.24) is 9.88 Å². The predicted molar refractivity (Wildman–Crippen MR) is 62.4 cm³/mol. The first-order valence-corrected chi connectivity index (χ1v) is 6.24. The van der Waals surface area contributed by atoms with Crippen molar-refractivity contribution in [2.75, 3.05) is 20.1 Å².